The molecule has 5 rings (SSSR count). The van der Waals surface area contributed by atoms with Gasteiger partial charge in [0, 0.05) is 29.5 Å². The Hall–Kier alpha value is -2.39. The van der Waals surface area contributed by atoms with Crippen LogP contribution in [0.25, 0.3) is 10.9 Å². The molecule has 3 nitrogen and oxygen atoms in total. The van der Waals surface area contributed by atoms with Gasteiger partial charge in [-0.2, -0.15) is 0 Å². The van der Waals surface area contributed by atoms with Crippen molar-refractivity contribution in [2.45, 2.75) is 24.7 Å². The highest BCUT2D eigenvalue weighted by molar-refractivity contribution is 5.79. The van der Waals surface area contributed by atoms with E-state index in [1.165, 1.54) is 28.6 Å². The first-order valence-electron chi connectivity index (χ1n) is 9.88. The number of methoxy groups -OCH3 is 1. The summed E-state index contributed by atoms with van der Waals surface area (Å²) in [6.45, 7) is 2.28. The number of hydrogen-bond acceptors (Lipinski definition) is 3. The first-order valence-corrected chi connectivity index (χ1v) is 9.88. The van der Waals surface area contributed by atoms with Crippen LogP contribution in [0.15, 0.2) is 54.6 Å². The highest BCUT2D eigenvalue weighted by Gasteiger charge is 2.47. The van der Waals surface area contributed by atoms with Gasteiger partial charge in [0.1, 0.15) is 5.75 Å². The Morgan fingerprint density at radius 2 is 2.00 bits per heavy atom. The van der Waals surface area contributed by atoms with Crippen molar-refractivity contribution in [3.63, 3.8) is 0 Å². The molecule has 0 saturated carbocycles. The third-order valence-electron chi connectivity index (χ3n) is 6.74. The molecule has 0 unspecified atom stereocenters. The molecule has 1 fully saturated rings. The number of piperidine rings is 1. The van der Waals surface area contributed by atoms with Crippen molar-refractivity contribution in [2.75, 3.05) is 27.2 Å². The molecule has 2 aliphatic rings. The van der Waals surface area contributed by atoms with Gasteiger partial charge < -0.3 is 9.64 Å². The molecule has 138 valence electrons. The average Bonchev–Trinajstić information content (AvgIpc) is 2.71. The van der Waals surface area contributed by atoms with E-state index in [2.05, 4.69) is 60.5 Å². The van der Waals surface area contributed by atoms with Crippen LogP contribution < -0.4 is 4.74 Å². The Balaban J connectivity index is 1.65. The van der Waals surface area contributed by atoms with Gasteiger partial charge in [-0.3, -0.25) is 4.98 Å². The topological polar surface area (TPSA) is 25.4 Å². The van der Waals surface area contributed by atoms with Crippen LogP contribution in [0.4, 0.5) is 0 Å². The fourth-order valence-electron chi connectivity index (χ4n) is 5.24. The van der Waals surface area contributed by atoms with Gasteiger partial charge in [-0.15, -0.1) is 0 Å². The van der Waals surface area contributed by atoms with Gasteiger partial charge in [-0.05, 0) is 67.7 Å². The second-order valence-electron chi connectivity index (χ2n) is 8.27. The lowest BCUT2D eigenvalue weighted by Crippen LogP contribution is -2.53. The molecule has 27 heavy (non-hydrogen) atoms. The number of hydrogen-bond donors (Lipinski definition) is 0. The number of rotatable bonds is 2. The zero-order valence-corrected chi connectivity index (χ0v) is 16.1. The average molecular weight is 358 g/mol. The molecule has 0 spiro atoms. The van der Waals surface area contributed by atoms with Crippen molar-refractivity contribution in [3.8, 4) is 5.75 Å². The van der Waals surface area contributed by atoms with E-state index in [0.29, 0.717) is 5.92 Å². The number of benzene rings is 2. The highest BCUT2D eigenvalue weighted by atomic mass is 16.5. The summed E-state index contributed by atoms with van der Waals surface area (Å²) in [5, 5.41) is 1.26. The summed E-state index contributed by atoms with van der Waals surface area (Å²) in [6.07, 6.45) is 3.31. The van der Waals surface area contributed by atoms with Crippen LogP contribution in [0.3, 0.4) is 0 Å². The summed E-state index contributed by atoms with van der Waals surface area (Å²) in [4.78, 5) is 7.58. The Bertz CT molecular complexity index is 999. The summed E-state index contributed by atoms with van der Waals surface area (Å²) < 4.78 is 5.54. The lowest BCUT2D eigenvalue weighted by molar-refractivity contribution is 0.0987. The van der Waals surface area contributed by atoms with Crippen molar-refractivity contribution in [2.24, 2.45) is 5.92 Å². The van der Waals surface area contributed by atoms with Gasteiger partial charge in [0.2, 0.25) is 0 Å². The number of para-hydroxylation sites is 1. The number of pyridine rings is 1. The molecule has 0 radical (unpaired) electrons. The van der Waals surface area contributed by atoms with Crippen LogP contribution in [-0.2, 0) is 18.3 Å². The van der Waals surface area contributed by atoms with Crippen LogP contribution in [0, 0.1) is 5.92 Å². The molecule has 0 bridgehead atoms. The molecule has 3 heteroatoms. The molecular formula is C24H26N2O. The van der Waals surface area contributed by atoms with Gasteiger partial charge in [0.15, 0.2) is 0 Å². The molecule has 2 heterocycles. The normalized spacial score (nSPS) is 25.0. The van der Waals surface area contributed by atoms with Gasteiger partial charge in [0.05, 0.1) is 12.6 Å². The van der Waals surface area contributed by atoms with Gasteiger partial charge in [0.25, 0.3) is 0 Å². The van der Waals surface area contributed by atoms with E-state index in [1.54, 1.807) is 7.11 Å². The zero-order chi connectivity index (χ0) is 18.4. The summed E-state index contributed by atoms with van der Waals surface area (Å²) in [5.74, 6) is 1.57. The second-order valence-corrected chi connectivity index (χ2v) is 8.27. The predicted octanol–water partition coefficient (Wildman–Crippen LogP) is 4.23. The Morgan fingerprint density at radius 1 is 1.11 bits per heavy atom. The Morgan fingerprint density at radius 3 is 2.89 bits per heavy atom. The van der Waals surface area contributed by atoms with Crippen molar-refractivity contribution in [1.82, 2.24) is 9.88 Å². The van der Waals surface area contributed by atoms with E-state index in [9.17, 15) is 0 Å². The quantitative estimate of drug-likeness (QED) is 0.685. The largest absolute Gasteiger partial charge is 0.497 e. The van der Waals surface area contributed by atoms with Crippen molar-refractivity contribution < 1.29 is 4.74 Å². The number of aromatic nitrogens is 1. The Labute approximate surface area is 161 Å². The maximum atomic E-state index is 5.54. The predicted molar refractivity (Wildman–Crippen MR) is 109 cm³/mol. The van der Waals surface area contributed by atoms with Crippen molar-refractivity contribution in [3.05, 3.63) is 71.4 Å². The molecule has 1 aliphatic heterocycles. The molecule has 0 N–H and O–H groups in total. The van der Waals surface area contributed by atoms with Gasteiger partial charge in [-0.1, -0.05) is 30.3 Å². The zero-order valence-electron chi connectivity index (χ0n) is 16.1. The van der Waals surface area contributed by atoms with Crippen LogP contribution in [-0.4, -0.2) is 37.1 Å². The minimum absolute atomic E-state index is 0.156. The third-order valence-corrected chi connectivity index (χ3v) is 6.74. The lowest BCUT2D eigenvalue weighted by Gasteiger charge is -2.50. The molecular weight excluding hydrogens is 332 g/mol. The number of likely N-dealkylation sites (tertiary alicyclic amines) is 1. The monoisotopic (exact) mass is 358 g/mol. The van der Waals surface area contributed by atoms with Crippen LogP contribution in [0.1, 0.15) is 23.2 Å². The van der Waals surface area contributed by atoms with Crippen molar-refractivity contribution >= 4 is 10.9 Å². The minimum Gasteiger partial charge on any atom is -0.497 e. The second kappa shape index (κ2) is 6.35. The maximum Gasteiger partial charge on any atom is 0.119 e. The first kappa shape index (κ1) is 16.8. The van der Waals surface area contributed by atoms with E-state index in [-0.39, 0.29) is 5.41 Å². The van der Waals surface area contributed by atoms with E-state index >= 15 is 0 Å². The fraction of sp³-hybridized carbons (Fsp3) is 0.375. The summed E-state index contributed by atoms with van der Waals surface area (Å²) >= 11 is 0. The first-order chi connectivity index (χ1) is 13.2. The number of nitrogens with zero attached hydrogens (tertiary/aromatic N) is 2. The van der Waals surface area contributed by atoms with Gasteiger partial charge >= 0.3 is 0 Å². The molecule has 1 aliphatic carbocycles. The van der Waals surface area contributed by atoms with E-state index in [4.69, 9.17) is 9.72 Å². The molecule has 1 aromatic heterocycles. The SMILES string of the molecule is COc1cccc([C@@]23CCN(C)C[C@H]2Cc2cc4ccccc4nc2C3)c1. The van der Waals surface area contributed by atoms with E-state index < -0.39 is 0 Å². The van der Waals surface area contributed by atoms with Crippen LogP contribution in [0.5, 0.6) is 5.75 Å². The van der Waals surface area contributed by atoms with Crippen LogP contribution in [0.2, 0.25) is 0 Å². The number of ether oxygens (including phenoxy) is 1. The molecule has 0 amide bonds. The Kier molecular flexibility index (Phi) is 3.94. The maximum absolute atomic E-state index is 5.54. The molecule has 3 aromatic rings. The number of fused-ring (bicyclic) bond motifs is 3. The third kappa shape index (κ3) is 2.72. The minimum atomic E-state index is 0.156. The lowest BCUT2D eigenvalue weighted by atomic mass is 9.58. The summed E-state index contributed by atoms with van der Waals surface area (Å²) in [6, 6.07) is 19.6. The molecule has 1 saturated heterocycles. The standard InChI is InChI=1S/C24H26N2O/c1-26-11-10-24(19-7-5-8-21(14-19)27-2)15-23-18(13-20(24)16-26)12-17-6-3-4-9-22(17)25-23/h3-9,12,14,20H,10-11,13,15-16H2,1-2H3/t20-,24+/m1/s1. The molecule has 2 atom stereocenters. The summed E-state index contributed by atoms with van der Waals surface area (Å²) in [7, 11) is 4.01. The van der Waals surface area contributed by atoms with Crippen molar-refractivity contribution in [1.29, 1.82) is 0 Å². The van der Waals surface area contributed by atoms with Gasteiger partial charge in [-0.25, -0.2) is 0 Å². The van der Waals surface area contributed by atoms with E-state index in [0.717, 1.165) is 37.2 Å². The highest BCUT2D eigenvalue weighted by Crippen LogP contribution is 2.48. The molecule has 2 aromatic carbocycles. The van der Waals surface area contributed by atoms with Crippen LogP contribution >= 0.6 is 0 Å². The smallest absolute Gasteiger partial charge is 0.119 e. The fourth-order valence-corrected chi connectivity index (χ4v) is 5.24. The summed E-state index contributed by atoms with van der Waals surface area (Å²) in [5.41, 5.74) is 5.41. The van der Waals surface area contributed by atoms with E-state index in [1.807, 2.05) is 6.07 Å².